The van der Waals surface area contributed by atoms with Gasteiger partial charge in [0.25, 0.3) is 0 Å². The van der Waals surface area contributed by atoms with E-state index in [2.05, 4.69) is 16.0 Å². The van der Waals surface area contributed by atoms with E-state index in [-0.39, 0.29) is 29.5 Å². The molecule has 0 unspecified atom stereocenters. The van der Waals surface area contributed by atoms with Crippen LogP contribution in [0.1, 0.15) is 17.9 Å². The van der Waals surface area contributed by atoms with Crippen molar-refractivity contribution in [2.24, 2.45) is 5.92 Å². The van der Waals surface area contributed by atoms with Gasteiger partial charge in [0.15, 0.2) is 0 Å². The summed E-state index contributed by atoms with van der Waals surface area (Å²) in [5.41, 5.74) is 1.63. The molecule has 1 saturated heterocycles. The van der Waals surface area contributed by atoms with Crippen molar-refractivity contribution < 1.29 is 13.6 Å². The highest BCUT2D eigenvalue weighted by Crippen LogP contribution is 2.30. The molecule has 2 aromatic rings. The number of rotatable bonds is 4. The standard InChI is InChI=1S/C19H21F2N3O/c20-15-3-1-13(2-4-15)18-9-10-22-11-14(18)12-23-19(25)24-17-7-5-16(21)6-8-17/h1-8,14,18,22H,9-12H2,(H2,23,24,25)/t14-,18+/m0/s1. The van der Waals surface area contributed by atoms with Gasteiger partial charge in [-0.15, -0.1) is 0 Å². The van der Waals surface area contributed by atoms with Crippen molar-refractivity contribution in [2.45, 2.75) is 12.3 Å². The fraction of sp³-hybridized carbons (Fsp3) is 0.316. The van der Waals surface area contributed by atoms with Gasteiger partial charge in [0, 0.05) is 18.8 Å². The van der Waals surface area contributed by atoms with E-state index in [0.29, 0.717) is 12.2 Å². The van der Waals surface area contributed by atoms with Crippen LogP contribution in [0.3, 0.4) is 0 Å². The Labute approximate surface area is 145 Å². The van der Waals surface area contributed by atoms with Crippen LogP contribution in [0.4, 0.5) is 19.3 Å². The number of amides is 2. The molecule has 0 bridgehead atoms. The first kappa shape index (κ1) is 17.4. The highest BCUT2D eigenvalue weighted by Gasteiger charge is 2.26. The predicted octanol–water partition coefficient (Wildman–Crippen LogP) is 3.48. The van der Waals surface area contributed by atoms with Gasteiger partial charge in [-0.1, -0.05) is 12.1 Å². The first-order valence-corrected chi connectivity index (χ1v) is 8.38. The van der Waals surface area contributed by atoms with Crippen LogP contribution >= 0.6 is 0 Å². The molecule has 0 aliphatic carbocycles. The SMILES string of the molecule is O=C(NC[C@@H]1CNCC[C@@H]1c1ccc(F)cc1)Nc1ccc(F)cc1. The number of urea groups is 1. The van der Waals surface area contributed by atoms with Crippen LogP contribution in [0.2, 0.25) is 0 Å². The maximum atomic E-state index is 13.1. The topological polar surface area (TPSA) is 53.2 Å². The Hall–Kier alpha value is -2.47. The Bertz CT molecular complexity index is 704. The molecule has 2 amide bonds. The fourth-order valence-electron chi connectivity index (χ4n) is 3.22. The summed E-state index contributed by atoms with van der Waals surface area (Å²) in [6.45, 7) is 2.20. The normalized spacial score (nSPS) is 20.1. The number of hydrogen-bond donors (Lipinski definition) is 3. The Morgan fingerprint density at radius 1 is 1.04 bits per heavy atom. The van der Waals surface area contributed by atoms with Crippen LogP contribution in [-0.4, -0.2) is 25.7 Å². The van der Waals surface area contributed by atoms with Crippen molar-refractivity contribution in [3.8, 4) is 0 Å². The van der Waals surface area contributed by atoms with Crippen LogP contribution in [0, 0.1) is 17.6 Å². The molecule has 25 heavy (non-hydrogen) atoms. The summed E-state index contributed by atoms with van der Waals surface area (Å²) in [5, 5.41) is 8.89. The first-order valence-electron chi connectivity index (χ1n) is 8.38. The van der Waals surface area contributed by atoms with Crippen molar-refractivity contribution in [1.82, 2.24) is 10.6 Å². The van der Waals surface area contributed by atoms with Crippen molar-refractivity contribution in [2.75, 3.05) is 25.0 Å². The van der Waals surface area contributed by atoms with Crippen LogP contribution in [-0.2, 0) is 0 Å². The maximum absolute atomic E-state index is 13.1. The van der Waals surface area contributed by atoms with Crippen molar-refractivity contribution >= 4 is 11.7 Å². The molecule has 1 aliphatic heterocycles. The highest BCUT2D eigenvalue weighted by molar-refractivity contribution is 5.89. The smallest absolute Gasteiger partial charge is 0.319 e. The third-order valence-corrected chi connectivity index (χ3v) is 4.53. The second kappa shape index (κ2) is 8.07. The minimum absolute atomic E-state index is 0.221. The van der Waals surface area contributed by atoms with E-state index in [1.165, 1.54) is 36.4 Å². The molecule has 2 aromatic carbocycles. The quantitative estimate of drug-likeness (QED) is 0.795. The number of anilines is 1. The zero-order chi connectivity index (χ0) is 17.6. The number of carbonyl (C=O) groups excluding carboxylic acids is 1. The Morgan fingerprint density at radius 3 is 2.36 bits per heavy atom. The van der Waals surface area contributed by atoms with Crippen molar-refractivity contribution in [3.63, 3.8) is 0 Å². The van der Waals surface area contributed by atoms with Gasteiger partial charge in [-0.25, -0.2) is 13.6 Å². The average molecular weight is 345 g/mol. The molecular formula is C19H21F2N3O. The van der Waals surface area contributed by atoms with E-state index >= 15 is 0 Å². The number of benzene rings is 2. The zero-order valence-corrected chi connectivity index (χ0v) is 13.8. The van der Waals surface area contributed by atoms with Gasteiger partial charge < -0.3 is 16.0 Å². The Morgan fingerprint density at radius 2 is 1.68 bits per heavy atom. The van der Waals surface area contributed by atoms with E-state index in [9.17, 15) is 13.6 Å². The van der Waals surface area contributed by atoms with Gasteiger partial charge in [-0.2, -0.15) is 0 Å². The fourth-order valence-corrected chi connectivity index (χ4v) is 3.22. The summed E-state index contributed by atoms with van der Waals surface area (Å²) >= 11 is 0. The molecule has 132 valence electrons. The van der Waals surface area contributed by atoms with Crippen molar-refractivity contribution in [3.05, 3.63) is 65.7 Å². The highest BCUT2D eigenvalue weighted by atomic mass is 19.1. The molecule has 3 N–H and O–H groups in total. The summed E-state index contributed by atoms with van der Waals surface area (Å²) in [6.07, 6.45) is 0.942. The molecule has 0 saturated carbocycles. The van der Waals surface area contributed by atoms with E-state index in [4.69, 9.17) is 0 Å². The van der Waals surface area contributed by atoms with Crippen LogP contribution in [0.5, 0.6) is 0 Å². The zero-order valence-electron chi connectivity index (χ0n) is 13.8. The number of carbonyl (C=O) groups is 1. The Balaban J connectivity index is 1.57. The summed E-state index contributed by atoms with van der Waals surface area (Å²) in [5.74, 6) is -0.0986. The second-order valence-electron chi connectivity index (χ2n) is 6.25. The van der Waals surface area contributed by atoms with Crippen LogP contribution < -0.4 is 16.0 Å². The summed E-state index contributed by atoms with van der Waals surface area (Å²) in [4.78, 5) is 12.0. The molecule has 2 atom stereocenters. The lowest BCUT2D eigenvalue weighted by Crippen LogP contribution is -2.43. The van der Waals surface area contributed by atoms with Gasteiger partial charge in [-0.05, 0) is 66.8 Å². The van der Waals surface area contributed by atoms with E-state index in [1.54, 1.807) is 0 Å². The average Bonchev–Trinajstić information content (AvgIpc) is 2.63. The number of nitrogens with one attached hydrogen (secondary N) is 3. The minimum Gasteiger partial charge on any atom is -0.338 e. The van der Waals surface area contributed by atoms with Gasteiger partial charge >= 0.3 is 6.03 Å². The molecule has 6 heteroatoms. The summed E-state index contributed by atoms with van der Waals surface area (Å²) in [7, 11) is 0. The molecule has 0 radical (unpaired) electrons. The molecule has 1 heterocycles. The van der Waals surface area contributed by atoms with Gasteiger partial charge in [0.2, 0.25) is 0 Å². The number of piperidine rings is 1. The van der Waals surface area contributed by atoms with Gasteiger partial charge in [0.1, 0.15) is 11.6 Å². The molecule has 1 fully saturated rings. The molecule has 3 rings (SSSR count). The third-order valence-electron chi connectivity index (χ3n) is 4.53. The number of hydrogen-bond acceptors (Lipinski definition) is 2. The number of halogens is 2. The van der Waals surface area contributed by atoms with E-state index < -0.39 is 0 Å². The van der Waals surface area contributed by atoms with Gasteiger partial charge in [-0.3, -0.25) is 0 Å². The Kier molecular flexibility index (Phi) is 5.60. The van der Waals surface area contributed by atoms with Gasteiger partial charge in [0.05, 0.1) is 0 Å². The lowest BCUT2D eigenvalue weighted by atomic mass is 9.81. The second-order valence-corrected chi connectivity index (χ2v) is 6.25. The molecule has 1 aliphatic rings. The van der Waals surface area contributed by atoms with Crippen LogP contribution in [0.15, 0.2) is 48.5 Å². The lowest BCUT2D eigenvalue weighted by molar-refractivity contribution is 0.245. The van der Waals surface area contributed by atoms with Crippen LogP contribution in [0.25, 0.3) is 0 Å². The van der Waals surface area contributed by atoms with Crippen molar-refractivity contribution in [1.29, 1.82) is 0 Å². The monoisotopic (exact) mass is 345 g/mol. The summed E-state index contributed by atoms with van der Waals surface area (Å²) < 4.78 is 26.0. The minimum atomic E-state index is -0.346. The molecule has 0 spiro atoms. The third kappa shape index (κ3) is 4.76. The maximum Gasteiger partial charge on any atom is 0.319 e. The summed E-state index contributed by atoms with van der Waals surface area (Å²) in [6, 6.07) is 11.9. The molecule has 0 aromatic heterocycles. The molecular weight excluding hydrogens is 324 g/mol. The lowest BCUT2D eigenvalue weighted by Gasteiger charge is -2.32. The predicted molar refractivity (Wildman–Crippen MR) is 93.5 cm³/mol. The largest absolute Gasteiger partial charge is 0.338 e. The first-order chi connectivity index (χ1) is 12.1. The van der Waals surface area contributed by atoms with E-state index in [1.807, 2.05) is 12.1 Å². The van der Waals surface area contributed by atoms with E-state index in [0.717, 1.165) is 25.1 Å². The molecule has 4 nitrogen and oxygen atoms in total.